The van der Waals surface area contributed by atoms with Crippen molar-refractivity contribution < 1.29 is 50.2 Å². The van der Waals surface area contributed by atoms with Crippen LogP contribution in [-0.4, -0.2) is 29.6 Å². The van der Waals surface area contributed by atoms with Gasteiger partial charge in [-0.15, -0.1) is 0 Å². The molecule has 232 valence electrons. The third-order valence-electron chi connectivity index (χ3n) is 8.47. The summed E-state index contributed by atoms with van der Waals surface area (Å²) >= 11 is 0. The predicted molar refractivity (Wildman–Crippen MR) is 143 cm³/mol. The highest BCUT2D eigenvalue weighted by atomic mass is 19.4. The van der Waals surface area contributed by atoms with E-state index in [1.807, 2.05) is 19.9 Å². The number of aliphatic hydroxyl groups is 1. The fourth-order valence-electron chi connectivity index (χ4n) is 6.62. The highest BCUT2D eigenvalue weighted by molar-refractivity contribution is 6.22. The van der Waals surface area contributed by atoms with E-state index in [-0.39, 0.29) is 31.8 Å². The Kier molecular flexibility index (Phi) is 8.38. The average molecular weight is 612 g/mol. The Balaban J connectivity index is 1.39. The van der Waals surface area contributed by atoms with Crippen molar-refractivity contribution in [3.8, 4) is 0 Å². The second-order valence-corrected chi connectivity index (χ2v) is 11.3. The molecule has 2 saturated heterocycles. The molecule has 1 aromatic carbocycles. The number of aliphatic hydroxyl groups excluding tert-OH is 1. The third kappa shape index (κ3) is 6.04. The number of hydrogen-bond acceptors (Lipinski definition) is 5. The van der Waals surface area contributed by atoms with E-state index in [1.165, 1.54) is 0 Å². The lowest BCUT2D eigenvalue weighted by Crippen LogP contribution is -2.34. The van der Waals surface area contributed by atoms with Crippen LogP contribution in [0.3, 0.4) is 0 Å². The standard InChI is InChI=1S/C31H31F6NO5/c1-3-4-17(10-21-6-7-22(14-39)43-21)5-8-25-26-16(2)9-23-27(24(26)15-42-25)29(41)38(28(23)40)20-12-18(30(32,33)34)11-19(13-20)31(35,36)37/h6-7,10-13,23-25,27,39H,3-5,8-9,14-15H2,1-2H3/b17-10+/t23-,24+,25-,27-/m1/s1. The lowest BCUT2D eigenvalue weighted by molar-refractivity contribution is -0.143. The number of ether oxygens (including phenoxy) is 1. The number of halogens is 6. The second kappa shape index (κ2) is 11.6. The van der Waals surface area contributed by atoms with Crippen LogP contribution in [0.4, 0.5) is 32.0 Å². The van der Waals surface area contributed by atoms with Gasteiger partial charge in [-0.25, -0.2) is 4.90 Å². The van der Waals surface area contributed by atoms with E-state index in [1.54, 1.807) is 12.1 Å². The van der Waals surface area contributed by atoms with Crippen LogP contribution >= 0.6 is 0 Å². The minimum atomic E-state index is -5.12. The summed E-state index contributed by atoms with van der Waals surface area (Å²) in [5, 5.41) is 9.27. The molecule has 0 saturated carbocycles. The summed E-state index contributed by atoms with van der Waals surface area (Å²) in [6, 6.07) is 4.27. The molecule has 2 aromatic rings. The molecule has 1 aliphatic carbocycles. The molecule has 0 bridgehead atoms. The van der Waals surface area contributed by atoms with Crippen molar-refractivity contribution in [2.45, 2.75) is 71.0 Å². The molecule has 4 atom stereocenters. The number of hydrogen-bond donors (Lipinski definition) is 1. The molecule has 1 aromatic heterocycles. The number of anilines is 1. The minimum Gasteiger partial charge on any atom is -0.459 e. The molecule has 0 unspecified atom stereocenters. The Labute approximate surface area is 244 Å². The summed E-state index contributed by atoms with van der Waals surface area (Å²) in [7, 11) is 0. The van der Waals surface area contributed by atoms with E-state index in [0.29, 0.717) is 41.4 Å². The van der Waals surface area contributed by atoms with Crippen LogP contribution in [0.5, 0.6) is 0 Å². The van der Waals surface area contributed by atoms with Crippen molar-refractivity contribution in [1.29, 1.82) is 0 Å². The summed E-state index contributed by atoms with van der Waals surface area (Å²) in [5.74, 6) is -2.90. The van der Waals surface area contributed by atoms with Crippen LogP contribution < -0.4 is 4.90 Å². The van der Waals surface area contributed by atoms with Crippen LogP contribution in [0.2, 0.25) is 0 Å². The van der Waals surface area contributed by atoms with E-state index in [0.717, 1.165) is 29.6 Å². The van der Waals surface area contributed by atoms with Crippen molar-refractivity contribution in [2.24, 2.45) is 17.8 Å². The second-order valence-electron chi connectivity index (χ2n) is 11.3. The molecule has 12 heteroatoms. The molecule has 43 heavy (non-hydrogen) atoms. The van der Waals surface area contributed by atoms with Gasteiger partial charge in [0.2, 0.25) is 11.8 Å². The Hall–Kier alpha value is -3.38. The molecule has 5 rings (SSSR count). The monoisotopic (exact) mass is 611 g/mol. The Morgan fingerprint density at radius 1 is 1.00 bits per heavy atom. The molecule has 0 spiro atoms. The Morgan fingerprint density at radius 3 is 2.26 bits per heavy atom. The van der Waals surface area contributed by atoms with Crippen LogP contribution in [0.25, 0.3) is 6.08 Å². The van der Waals surface area contributed by atoms with Gasteiger partial charge in [-0.3, -0.25) is 9.59 Å². The number of benzene rings is 1. The van der Waals surface area contributed by atoms with Crippen LogP contribution in [0, 0.1) is 17.8 Å². The van der Waals surface area contributed by atoms with Gasteiger partial charge >= 0.3 is 12.4 Å². The first-order valence-electron chi connectivity index (χ1n) is 14.1. The van der Waals surface area contributed by atoms with Crippen LogP contribution in [0.1, 0.15) is 68.6 Å². The molecule has 1 N–H and O–H groups in total. The first-order chi connectivity index (χ1) is 20.2. The molecular weight excluding hydrogens is 580 g/mol. The van der Waals surface area contributed by atoms with Gasteiger partial charge in [-0.05, 0) is 74.6 Å². The first-order valence-corrected chi connectivity index (χ1v) is 14.1. The molecule has 3 aliphatic rings. The van der Waals surface area contributed by atoms with Crippen molar-refractivity contribution in [3.63, 3.8) is 0 Å². The van der Waals surface area contributed by atoms with Gasteiger partial charge in [-0.1, -0.05) is 24.5 Å². The first kappa shape index (κ1) is 31.1. The largest absolute Gasteiger partial charge is 0.459 e. The molecule has 0 radical (unpaired) electrons. The number of imide groups is 1. The summed E-state index contributed by atoms with van der Waals surface area (Å²) < 4.78 is 92.7. The number of alkyl halides is 6. The van der Waals surface area contributed by atoms with E-state index in [2.05, 4.69) is 0 Å². The maximum Gasteiger partial charge on any atom is 0.416 e. The van der Waals surface area contributed by atoms with E-state index < -0.39 is 58.7 Å². The molecule has 3 heterocycles. The number of rotatable bonds is 8. The third-order valence-corrected chi connectivity index (χ3v) is 8.47. The SMILES string of the molecule is CCC/C(=C\c1ccc(CO)o1)CC[C@H]1OC[C@H]2C1=C(C)C[C@H]1C(=O)N(c3cc(C(F)(F)F)cc(C(F)(F)F)c3)C(=O)[C@H]12. The fourth-order valence-corrected chi connectivity index (χ4v) is 6.62. The fraction of sp³-hybridized carbons (Fsp3) is 0.484. The highest BCUT2D eigenvalue weighted by Gasteiger charge is 2.57. The number of carbonyl (C=O) groups is 2. The van der Waals surface area contributed by atoms with Gasteiger partial charge in [0.15, 0.2) is 0 Å². The van der Waals surface area contributed by atoms with Crippen molar-refractivity contribution in [1.82, 2.24) is 0 Å². The maximum atomic E-state index is 13.6. The van der Waals surface area contributed by atoms with Gasteiger partial charge in [0.25, 0.3) is 0 Å². The summed E-state index contributed by atoms with van der Waals surface area (Å²) in [5.41, 5.74) is -1.10. The number of fused-ring (bicyclic) bond motifs is 3. The molecule has 6 nitrogen and oxygen atoms in total. The molecule has 2 aliphatic heterocycles. The van der Waals surface area contributed by atoms with Gasteiger partial charge in [-0.2, -0.15) is 26.3 Å². The molecule has 2 fully saturated rings. The van der Waals surface area contributed by atoms with Gasteiger partial charge < -0.3 is 14.3 Å². The number of furan rings is 1. The molecule has 2 amide bonds. The van der Waals surface area contributed by atoms with E-state index >= 15 is 0 Å². The normalized spacial score (nSPS) is 24.7. The zero-order chi connectivity index (χ0) is 31.3. The van der Waals surface area contributed by atoms with Crippen molar-refractivity contribution in [3.05, 3.63) is 69.7 Å². The van der Waals surface area contributed by atoms with Crippen LogP contribution in [0.15, 0.2) is 51.5 Å². The Bertz CT molecular complexity index is 1440. The lowest BCUT2D eigenvalue weighted by atomic mass is 9.70. The maximum absolute atomic E-state index is 13.6. The Morgan fingerprint density at radius 2 is 1.67 bits per heavy atom. The summed E-state index contributed by atoms with van der Waals surface area (Å²) in [6.45, 7) is 3.78. The number of amides is 2. The summed E-state index contributed by atoms with van der Waals surface area (Å²) in [4.78, 5) is 27.6. The van der Waals surface area contributed by atoms with Gasteiger partial charge in [0.1, 0.15) is 18.1 Å². The summed E-state index contributed by atoms with van der Waals surface area (Å²) in [6.07, 6.45) is -5.58. The molecular formula is C31H31F6NO5. The number of carbonyl (C=O) groups excluding carboxylic acids is 2. The van der Waals surface area contributed by atoms with Gasteiger partial charge in [0.05, 0.1) is 41.4 Å². The smallest absolute Gasteiger partial charge is 0.416 e. The van der Waals surface area contributed by atoms with Gasteiger partial charge in [0, 0.05) is 5.92 Å². The van der Waals surface area contributed by atoms with Crippen molar-refractivity contribution in [2.75, 3.05) is 11.5 Å². The number of nitrogens with zero attached hydrogens (tertiary/aromatic N) is 1. The highest BCUT2D eigenvalue weighted by Crippen LogP contribution is 2.51. The predicted octanol–water partition coefficient (Wildman–Crippen LogP) is 7.31. The number of allylic oxidation sites excluding steroid dienone is 2. The zero-order valence-electron chi connectivity index (χ0n) is 23.5. The van der Waals surface area contributed by atoms with Crippen molar-refractivity contribution >= 4 is 23.6 Å². The van der Waals surface area contributed by atoms with E-state index in [4.69, 9.17) is 9.15 Å². The lowest BCUT2D eigenvalue weighted by Gasteiger charge is -2.30. The zero-order valence-corrected chi connectivity index (χ0v) is 23.5. The quantitative estimate of drug-likeness (QED) is 0.192. The minimum absolute atomic E-state index is 0.0283. The van der Waals surface area contributed by atoms with E-state index in [9.17, 15) is 41.0 Å². The average Bonchev–Trinajstić information content (AvgIpc) is 3.63. The van der Waals surface area contributed by atoms with Crippen LogP contribution in [-0.2, 0) is 33.3 Å². The topological polar surface area (TPSA) is 80.0 Å².